The summed E-state index contributed by atoms with van der Waals surface area (Å²) < 4.78 is 13.4. The van der Waals surface area contributed by atoms with Crippen molar-refractivity contribution < 1.29 is 14.3 Å². The van der Waals surface area contributed by atoms with E-state index in [4.69, 9.17) is 5.11 Å². The molecule has 0 bridgehead atoms. The number of aromatic hydroxyl groups is 1. The minimum absolute atomic E-state index is 0.0721. The SMILES string of the molecule is CONCc1ccc(O)c(Br)c1F. The molecule has 0 saturated carbocycles. The highest BCUT2D eigenvalue weighted by molar-refractivity contribution is 9.10. The van der Waals surface area contributed by atoms with Crippen LogP contribution in [0.4, 0.5) is 4.39 Å². The van der Waals surface area contributed by atoms with Crippen LogP contribution >= 0.6 is 15.9 Å². The van der Waals surface area contributed by atoms with Crippen LogP contribution < -0.4 is 5.48 Å². The van der Waals surface area contributed by atoms with E-state index in [1.165, 1.54) is 19.2 Å². The Labute approximate surface area is 83.6 Å². The van der Waals surface area contributed by atoms with Crippen molar-refractivity contribution in [2.75, 3.05) is 7.11 Å². The Bertz CT molecular complexity index is 306. The minimum atomic E-state index is -0.482. The highest BCUT2D eigenvalue weighted by Gasteiger charge is 2.09. The molecule has 72 valence electrons. The fraction of sp³-hybridized carbons (Fsp3) is 0.250. The van der Waals surface area contributed by atoms with Gasteiger partial charge in [0.15, 0.2) is 0 Å². The smallest absolute Gasteiger partial charge is 0.145 e. The molecule has 2 N–H and O–H groups in total. The number of phenols is 1. The predicted molar refractivity (Wildman–Crippen MR) is 49.6 cm³/mol. The third-order valence-electron chi connectivity index (χ3n) is 1.55. The van der Waals surface area contributed by atoms with Gasteiger partial charge in [0.05, 0.1) is 11.6 Å². The number of rotatable bonds is 3. The summed E-state index contributed by atoms with van der Waals surface area (Å²) in [5, 5.41) is 9.11. The quantitative estimate of drug-likeness (QED) is 0.805. The highest BCUT2D eigenvalue weighted by atomic mass is 79.9. The van der Waals surface area contributed by atoms with Gasteiger partial charge in [0.2, 0.25) is 0 Å². The summed E-state index contributed by atoms with van der Waals surface area (Å²) in [5.74, 6) is -0.594. The summed E-state index contributed by atoms with van der Waals surface area (Å²) in [4.78, 5) is 4.58. The van der Waals surface area contributed by atoms with Crippen molar-refractivity contribution in [1.82, 2.24) is 5.48 Å². The number of hydrogen-bond acceptors (Lipinski definition) is 3. The second-order valence-corrected chi connectivity index (χ2v) is 3.19. The van der Waals surface area contributed by atoms with E-state index in [1.807, 2.05) is 0 Å². The first kappa shape index (κ1) is 10.4. The predicted octanol–water partition coefficient (Wildman–Crippen LogP) is 1.94. The lowest BCUT2D eigenvalue weighted by atomic mass is 10.2. The van der Waals surface area contributed by atoms with Gasteiger partial charge < -0.3 is 9.94 Å². The van der Waals surface area contributed by atoms with Gasteiger partial charge in [-0.1, -0.05) is 6.07 Å². The van der Waals surface area contributed by atoms with E-state index in [-0.39, 0.29) is 16.8 Å². The second-order valence-electron chi connectivity index (χ2n) is 2.40. The molecule has 0 heterocycles. The molecule has 0 aliphatic heterocycles. The summed E-state index contributed by atoms with van der Waals surface area (Å²) in [6.45, 7) is 0.251. The van der Waals surface area contributed by atoms with Crippen molar-refractivity contribution in [3.05, 3.63) is 28.0 Å². The van der Waals surface area contributed by atoms with Crippen molar-refractivity contribution in [1.29, 1.82) is 0 Å². The van der Waals surface area contributed by atoms with E-state index in [9.17, 15) is 4.39 Å². The Morgan fingerprint density at radius 2 is 2.31 bits per heavy atom. The molecule has 0 saturated heterocycles. The van der Waals surface area contributed by atoms with Gasteiger partial charge in [-0.15, -0.1) is 0 Å². The molecule has 0 atom stereocenters. The first-order chi connectivity index (χ1) is 6.16. The molecule has 0 radical (unpaired) electrons. The molecule has 0 aliphatic rings. The van der Waals surface area contributed by atoms with Crippen LogP contribution in [0.15, 0.2) is 16.6 Å². The molecule has 0 amide bonds. The van der Waals surface area contributed by atoms with Crippen molar-refractivity contribution in [3.63, 3.8) is 0 Å². The number of benzene rings is 1. The summed E-state index contributed by atoms with van der Waals surface area (Å²) >= 11 is 2.93. The van der Waals surface area contributed by atoms with E-state index in [0.717, 1.165) is 0 Å². The fourth-order valence-corrected chi connectivity index (χ4v) is 1.25. The van der Waals surface area contributed by atoms with Gasteiger partial charge in [0, 0.05) is 12.1 Å². The third kappa shape index (κ3) is 2.40. The maximum absolute atomic E-state index is 13.3. The molecule has 1 rings (SSSR count). The van der Waals surface area contributed by atoms with Crippen molar-refractivity contribution in [2.24, 2.45) is 0 Å². The molecule has 0 fully saturated rings. The summed E-state index contributed by atoms with van der Waals surface area (Å²) in [6, 6.07) is 2.90. The molecule has 5 heteroatoms. The van der Waals surface area contributed by atoms with Gasteiger partial charge in [-0.2, -0.15) is 5.48 Å². The van der Waals surface area contributed by atoms with E-state index in [1.54, 1.807) is 0 Å². The van der Waals surface area contributed by atoms with Gasteiger partial charge in [-0.05, 0) is 22.0 Å². The second kappa shape index (κ2) is 4.55. The molecule has 3 nitrogen and oxygen atoms in total. The van der Waals surface area contributed by atoms with Crippen molar-refractivity contribution in [3.8, 4) is 5.75 Å². The number of phenolic OH excluding ortho intramolecular Hbond substituents is 1. The third-order valence-corrected chi connectivity index (χ3v) is 2.30. The average molecular weight is 250 g/mol. The molecular formula is C8H9BrFNO2. The number of hydroxylamine groups is 1. The Morgan fingerprint density at radius 3 is 2.92 bits per heavy atom. The minimum Gasteiger partial charge on any atom is -0.507 e. The number of nitrogens with one attached hydrogen (secondary N) is 1. The van der Waals surface area contributed by atoms with Gasteiger partial charge in [-0.25, -0.2) is 4.39 Å². The lowest BCUT2D eigenvalue weighted by molar-refractivity contribution is 0.0859. The maximum Gasteiger partial charge on any atom is 0.145 e. The van der Waals surface area contributed by atoms with Crippen LogP contribution in [0.2, 0.25) is 0 Å². The zero-order chi connectivity index (χ0) is 9.84. The standard InChI is InChI=1S/C8H9BrFNO2/c1-13-11-4-5-2-3-6(12)7(9)8(5)10/h2-3,11-12H,4H2,1H3. The molecule has 1 aromatic rings. The van der Waals surface area contributed by atoms with Crippen LogP contribution in [0.1, 0.15) is 5.56 Å². The van der Waals surface area contributed by atoms with Gasteiger partial charge in [-0.3, -0.25) is 0 Å². The summed E-state index contributed by atoms with van der Waals surface area (Å²) in [5.41, 5.74) is 2.93. The highest BCUT2D eigenvalue weighted by Crippen LogP contribution is 2.28. The fourth-order valence-electron chi connectivity index (χ4n) is 0.866. The number of hydrogen-bond donors (Lipinski definition) is 2. The molecule has 0 unspecified atom stereocenters. The Balaban J connectivity index is 2.90. The molecule has 0 aromatic heterocycles. The molecular weight excluding hydrogens is 241 g/mol. The van der Waals surface area contributed by atoms with Crippen LogP contribution in [0.3, 0.4) is 0 Å². The number of halogens is 2. The van der Waals surface area contributed by atoms with Gasteiger partial charge in [0.25, 0.3) is 0 Å². The maximum atomic E-state index is 13.3. The topological polar surface area (TPSA) is 41.5 Å². The van der Waals surface area contributed by atoms with E-state index >= 15 is 0 Å². The Hall–Kier alpha value is -0.650. The van der Waals surface area contributed by atoms with Crippen LogP contribution in [-0.4, -0.2) is 12.2 Å². The lowest BCUT2D eigenvalue weighted by Gasteiger charge is -2.06. The zero-order valence-electron chi connectivity index (χ0n) is 6.97. The monoisotopic (exact) mass is 249 g/mol. The van der Waals surface area contributed by atoms with Gasteiger partial charge in [0.1, 0.15) is 11.6 Å². The molecule has 1 aromatic carbocycles. The Morgan fingerprint density at radius 1 is 1.62 bits per heavy atom. The first-order valence-corrected chi connectivity index (χ1v) is 4.37. The average Bonchev–Trinajstić information content (AvgIpc) is 2.13. The largest absolute Gasteiger partial charge is 0.507 e. The van der Waals surface area contributed by atoms with Crippen LogP contribution in [0, 0.1) is 5.82 Å². The van der Waals surface area contributed by atoms with Crippen LogP contribution in [0.5, 0.6) is 5.75 Å². The van der Waals surface area contributed by atoms with E-state index in [2.05, 4.69) is 26.2 Å². The van der Waals surface area contributed by atoms with Crippen molar-refractivity contribution >= 4 is 15.9 Å². The zero-order valence-corrected chi connectivity index (χ0v) is 8.56. The summed E-state index contributed by atoms with van der Waals surface area (Å²) in [6.07, 6.45) is 0. The molecule has 13 heavy (non-hydrogen) atoms. The molecule has 0 aliphatic carbocycles. The summed E-state index contributed by atoms with van der Waals surface area (Å²) in [7, 11) is 1.45. The Kier molecular flexibility index (Phi) is 3.65. The van der Waals surface area contributed by atoms with Gasteiger partial charge >= 0.3 is 0 Å². The lowest BCUT2D eigenvalue weighted by Crippen LogP contribution is -2.12. The van der Waals surface area contributed by atoms with E-state index in [0.29, 0.717) is 5.56 Å². The molecule has 0 spiro atoms. The van der Waals surface area contributed by atoms with Crippen LogP contribution in [-0.2, 0) is 11.4 Å². The van der Waals surface area contributed by atoms with E-state index < -0.39 is 5.82 Å². The normalized spacial score (nSPS) is 10.4. The van der Waals surface area contributed by atoms with Crippen LogP contribution in [0.25, 0.3) is 0 Å². The van der Waals surface area contributed by atoms with Crippen molar-refractivity contribution in [2.45, 2.75) is 6.54 Å². The first-order valence-electron chi connectivity index (χ1n) is 3.58.